The molecular formula is C17H20N4O. The Bertz CT molecular complexity index is 681. The number of nitrogens with one attached hydrogen (secondary N) is 1. The molecule has 1 saturated heterocycles. The highest BCUT2D eigenvalue weighted by Gasteiger charge is 2.44. The number of pyridine rings is 1. The van der Waals surface area contributed by atoms with Gasteiger partial charge in [-0.05, 0) is 42.9 Å². The Morgan fingerprint density at radius 1 is 1.36 bits per heavy atom. The monoisotopic (exact) mass is 296 g/mol. The molecule has 1 unspecified atom stereocenters. The molecule has 5 nitrogen and oxygen atoms in total. The van der Waals surface area contributed by atoms with Crippen LogP contribution in [-0.4, -0.2) is 39.1 Å². The number of carbonyl (C=O) groups excluding carboxylic acids is 1. The number of amides is 1. The summed E-state index contributed by atoms with van der Waals surface area (Å²) in [5.74, 6) is 0.208. The number of piperidine rings is 1. The van der Waals surface area contributed by atoms with Gasteiger partial charge in [0.1, 0.15) is 0 Å². The minimum atomic E-state index is 0.106. The van der Waals surface area contributed by atoms with Crippen LogP contribution in [0.3, 0.4) is 0 Å². The summed E-state index contributed by atoms with van der Waals surface area (Å²) in [6.07, 6.45) is 10.3. The molecule has 0 aromatic carbocycles. The molecular weight excluding hydrogens is 276 g/mol. The maximum Gasteiger partial charge on any atom is 0.227 e. The predicted octanol–water partition coefficient (Wildman–Crippen LogP) is 1.85. The minimum absolute atomic E-state index is 0.106. The van der Waals surface area contributed by atoms with E-state index < -0.39 is 0 Å². The van der Waals surface area contributed by atoms with E-state index in [-0.39, 0.29) is 11.3 Å². The Morgan fingerprint density at radius 3 is 3.18 bits per heavy atom. The first-order valence-electron chi connectivity index (χ1n) is 7.96. The van der Waals surface area contributed by atoms with Gasteiger partial charge in [-0.1, -0.05) is 6.07 Å². The molecule has 2 aromatic rings. The Balaban J connectivity index is 1.51. The summed E-state index contributed by atoms with van der Waals surface area (Å²) in [6, 6.07) is 3.85. The van der Waals surface area contributed by atoms with Gasteiger partial charge in [-0.25, -0.2) is 0 Å². The lowest BCUT2D eigenvalue weighted by molar-refractivity contribution is -0.132. The summed E-state index contributed by atoms with van der Waals surface area (Å²) >= 11 is 0. The van der Waals surface area contributed by atoms with Gasteiger partial charge >= 0.3 is 0 Å². The molecule has 2 aliphatic rings. The van der Waals surface area contributed by atoms with Crippen LogP contribution in [0.1, 0.15) is 36.1 Å². The van der Waals surface area contributed by atoms with E-state index in [1.165, 1.54) is 11.3 Å². The van der Waals surface area contributed by atoms with E-state index in [0.29, 0.717) is 6.42 Å². The highest BCUT2D eigenvalue weighted by atomic mass is 16.2. The van der Waals surface area contributed by atoms with E-state index in [1.807, 2.05) is 23.2 Å². The number of fused-ring (bicyclic) bond motifs is 2. The summed E-state index contributed by atoms with van der Waals surface area (Å²) in [5.41, 5.74) is 3.70. The SMILES string of the molecule is O=C(Cc1cccnc1)N1CCCC2(CCc3cn[nH]c32)C1. The number of aryl methyl sites for hydroxylation is 1. The molecule has 1 fully saturated rings. The summed E-state index contributed by atoms with van der Waals surface area (Å²) in [6.45, 7) is 1.69. The largest absolute Gasteiger partial charge is 0.341 e. The van der Waals surface area contributed by atoms with Crippen LogP contribution >= 0.6 is 0 Å². The second-order valence-electron chi connectivity index (χ2n) is 6.51. The molecule has 0 radical (unpaired) electrons. The lowest BCUT2D eigenvalue weighted by Crippen LogP contribution is -2.48. The third kappa shape index (κ3) is 2.21. The minimum Gasteiger partial charge on any atom is -0.341 e. The molecule has 1 spiro atoms. The van der Waals surface area contributed by atoms with Crippen LogP contribution in [0.2, 0.25) is 0 Å². The molecule has 1 N–H and O–H groups in total. The van der Waals surface area contributed by atoms with Crippen LogP contribution in [-0.2, 0) is 23.1 Å². The van der Waals surface area contributed by atoms with Gasteiger partial charge in [0.05, 0.1) is 12.6 Å². The summed E-state index contributed by atoms with van der Waals surface area (Å²) in [4.78, 5) is 18.8. The quantitative estimate of drug-likeness (QED) is 0.920. The molecule has 3 heterocycles. The summed E-state index contributed by atoms with van der Waals surface area (Å²) < 4.78 is 0. The van der Waals surface area contributed by atoms with Crippen molar-refractivity contribution in [2.24, 2.45) is 0 Å². The summed E-state index contributed by atoms with van der Waals surface area (Å²) in [7, 11) is 0. The van der Waals surface area contributed by atoms with Crippen molar-refractivity contribution in [3.63, 3.8) is 0 Å². The lowest BCUT2D eigenvalue weighted by atomic mass is 9.77. The van der Waals surface area contributed by atoms with Gasteiger partial charge in [-0.3, -0.25) is 14.9 Å². The Morgan fingerprint density at radius 2 is 2.32 bits per heavy atom. The maximum absolute atomic E-state index is 12.6. The van der Waals surface area contributed by atoms with Crippen molar-refractivity contribution >= 4 is 5.91 Å². The van der Waals surface area contributed by atoms with Crippen molar-refractivity contribution in [3.8, 4) is 0 Å². The van der Waals surface area contributed by atoms with Crippen molar-refractivity contribution in [1.82, 2.24) is 20.1 Å². The number of rotatable bonds is 2. The van der Waals surface area contributed by atoms with Crippen molar-refractivity contribution in [2.75, 3.05) is 13.1 Å². The predicted molar refractivity (Wildman–Crippen MR) is 82.3 cm³/mol. The second-order valence-corrected chi connectivity index (χ2v) is 6.51. The Hall–Kier alpha value is -2.17. The molecule has 0 saturated carbocycles. The Labute approximate surface area is 129 Å². The highest BCUT2D eigenvalue weighted by molar-refractivity contribution is 5.79. The molecule has 0 bridgehead atoms. The van der Waals surface area contributed by atoms with Gasteiger partial charge in [-0.15, -0.1) is 0 Å². The zero-order valence-corrected chi connectivity index (χ0v) is 12.6. The lowest BCUT2D eigenvalue weighted by Gasteiger charge is -2.40. The van der Waals surface area contributed by atoms with Gasteiger partial charge in [0.15, 0.2) is 0 Å². The zero-order chi connectivity index (χ0) is 15.0. The van der Waals surface area contributed by atoms with Crippen LogP contribution in [0.5, 0.6) is 0 Å². The van der Waals surface area contributed by atoms with Crippen LogP contribution < -0.4 is 0 Å². The van der Waals surface area contributed by atoms with E-state index in [0.717, 1.165) is 44.3 Å². The van der Waals surface area contributed by atoms with Gasteiger partial charge in [0.2, 0.25) is 5.91 Å². The average Bonchev–Trinajstić information content (AvgIpc) is 3.14. The number of hydrogen-bond acceptors (Lipinski definition) is 3. The van der Waals surface area contributed by atoms with E-state index in [9.17, 15) is 4.79 Å². The fraction of sp³-hybridized carbons (Fsp3) is 0.471. The van der Waals surface area contributed by atoms with Gasteiger partial charge in [-0.2, -0.15) is 5.10 Å². The maximum atomic E-state index is 12.6. The van der Waals surface area contributed by atoms with Crippen molar-refractivity contribution in [1.29, 1.82) is 0 Å². The molecule has 5 heteroatoms. The molecule has 1 aliphatic carbocycles. The number of H-pyrrole nitrogens is 1. The van der Waals surface area contributed by atoms with Gasteiger partial charge < -0.3 is 4.90 Å². The Kier molecular flexibility index (Phi) is 3.21. The topological polar surface area (TPSA) is 61.9 Å². The van der Waals surface area contributed by atoms with E-state index in [2.05, 4.69) is 15.2 Å². The van der Waals surface area contributed by atoms with Crippen molar-refractivity contribution < 1.29 is 4.79 Å². The van der Waals surface area contributed by atoms with Crippen LogP contribution in [0.4, 0.5) is 0 Å². The molecule has 1 amide bonds. The van der Waals surface area contributed by atoms with Crippen LogP contribution in [0, 0.1) is 0 Å². The number of carbonyl (C=O) groups is 1. The van der Waals surface area contributed by atoms with Gasteiger partial charge in [0, 0.05) is 36.6 Å². The second kappa shape index (κ2) is 5.23. The average molecular weight is 296 g/mol. The van der Waals surface area contributed by atoms with E-state index in [4.69, 9.17) is 0 Å². The molecule has 2 aromatic heterocycles. The molecule has 114 valence electrons. The third-order valence-corrected chi connectivity index (χ3v) is 5.13. The number of nitrogens with zero attached hydrogens (tertiary/aromatic N) is 3. The zero-order valence-electron chi connectivity index (χ0n) is 12.6. The first-order valence-corrected chi connectivity index (χ1v) is 7.96. The first-order chi connectivity index (χ1) is 10.8. The third-order valence-electron chi connectivity index (χ3n) is 5.13. The highest BCUT2D eigenvalue weighted by Crippen LogP contribution is 2.43. The molecule has 4 rings (SSSR count). The van der Waals surface area contributed by atoms with Crippen LogP contribution in [0.25, 0.3) is 0 Å². The van der Waals surface area contributed by atoms with E-state index >= 15 is 0 Å². The number of hydrogen-bond donors (Lipinski definition) is 1. The standard InChI is InChI=1S/C17H20N4O/c22-15(9-13-3-1-7-18-10-13)21-8-2-5-17(12-21)6-4-14-11-19-20-16(14)17/h1,3,7,10-11H,2,4-6,8-9,12H2,(H,19,20). The number of likely N-dealkylation sites (tertiary alicyclic amines) is 1. The molecule has 1 aliphatic heterocycles. The van der Waals surface area contributed by atoms with Crippen molar-refractivity contribution in [3.05, 3.63) is 47.5 Å². The number of aromatic amines is 1. The van der Waals surface area contributed by atoms with Gasteiger partial charge in [0.25, 0.3) is 0 Å². The number of aromatic nitrogens is 3. The fourth-order valence-corrected chi connectivity index (χ4v) is 4.00. The first kappa shape index (κ1) is 13.5. The normalized spacial score (nSPS) is 23.7. The van der Waals surface area contributed by atoms with E-state index in [1.54, 1.807) is 12.4 Å². The molecule has 1 atom stereocenters. The smallest absolute Gasteiger partial charge is 0.227 e. The fourth-order valence-electron chi connectivity index (χ4n) is 4.00. The molecule has 22 heavy (non-hydrogen) atoms. The summed E-state index contributed by atoms with van der Waals surface area (Å²) in [5, 5.41) is 7.38. The van der Waals surface area contributed by atoms with Crippen molar-refractivity contribution in [2.45, 2.75) is 37.5 Å². The van der Waals surface area contributed by atoms with Crippen LogP contribution in [0.15, 0.2) is 30.7 Å².